The van der Waals surface area contributed by atoms with Crippen molar-refractivity contribution < 1.29 is 4.79 Å². The van der Waals surface area contributed by atoms with Crippen LogP contribution in [0.15, 0.2) is 42.6 Å². The number of hydrogen-bond acceptors (Lipinski definition) is 4. The minimum atomic E-state index is -0.0533. The highest BCUT2D eigenvalue weighted by atomic mass is 35.5. The van der Waals surface area contributed by atoms with Crippen LogP contribution in [0.5, 0.6) is 0 Å². The molecule has 1 N–H and O–H groups in total. The first-order chi connectivity index (χ1) is 16.2. The van der Waals surface area contributed by atoms with Crippen LogP contribution in [0.4, 0.5) is 0 Å². The number of halogens is 2. The second-order valence-electron chi connectivity index (χ2n) is 10.7. The summed E-state index contributed by atoms with van der Waals surface area (Å²) in [6.07, 6.45) is 4.67. The van der Waals surface area contributed by atoms with Gasteiger partial charge in [-0.05, 0) is 67.1 Å². The van der Waals surface area contributed by atoms with E-state index in [9.17, 15) is 4.79 Å². The zero-order valence-electron chi connectivity index (χ0n) is 20.4. The van der Waals surface area contributed by atoms with Gasteiger partial charge in [-0.1, -0.05) is 56.1 Å². The zero-order valence-corrected chi connectivity index (χ0v) is 21.9. The molecule has 2 aliphatic heterocycles. The van der Waals surface area contributed by atoms with Crippen LogP contribution in [0.25, 0.3) is 0 Å². The van der Waals surface area contributed by atoms with Gasteiger partial charge in [0, 0.05) is 38.3 Å². The van der Waals surface area contributed by atoms with E-state index >= 15 is 0 Å². The lowest BCUT2D eigenvalue weighted by Gasteiger charge is -2.49. The van der Waals surface area contributed by atoms with Crippen LogP contribution in [0.3, 0.4) is 0 Å². The summed E-state index contributed by atoms with van der Waals surface area (Å²) in [5.74, 6) is 0.792. The van der Waals surface area contributed by atoms with Crippen LogP contribution >= 0.6 is 23.2 Å². The molecule has 0 bridgehead atoms. The Morgan fingerprint density at radius 2 is 1.88 bits per heavy atom. The molecule has 0 radical (unpaired) electrons. The molecule has 2 atom stereocenters. The number of nitrogens with one attached hydrogen (secondary N) is 1. The first-order valence-corrected chi connectivity index (χ1v) is 13.1. The number of amides is 1. The molecule has 0 spiro atoms. The van der Waals surface area contributed by atoms with Crippen LogP contribution in [0.2, 0.25) is 10.0 Å². The number of carbonyl (C=O) groups excluding carboxylic acids is 1. The largest absolute Gasteiger partial charge is 0.337 e. The predicted molar refractivity (Wildman–Crippen MR) is 139 cm³/mol. The fourth-order valence-electron chi connectivity index (χ4n) is 5.32. The smallest absolute Gasteiger partial charge is 0.223 e. The SMILES string of the molecule is CC(C)(C)C1CN(C(c2ccc(Cl)c(Cl)c2)c2ccccn2)CCN1C(=O)CC1CCNCC1. The Hall–Kier alpha value is -1.66. The average Bonchev–Trinajstić information content (AvgIpc) is 2.82. The number of hydrogen-bond donors (Lipinski definition) is 1. The number of nitrogens with zero attached hydrogens (tertiary/aromatic N) is 3. The fraction of sp³-hybridized carbons (Fsp3) is 0.556. The van der Waals surface area contributed by atoms with Gasteiger partial charge in [0.1, 0.15) is 0 Å². The van der Waals surface area contributed by atoms with Gasteiger partial charge < -0.3 is 10.2 Å². The summed E-state index contributed by atoms with van der Waals surface area (Å²) in [7, 11) is 0. The van der Waals surface area contributed by atoms with Crippen LogP contribution in [-0.2, 0) is 4.79 Å². The molecule has 34 heavy (non-hydrogen) atoms. The van der Waals surface area contributed by atoms with E-state index in [1.54, 1.807) is 0 Å². The molecule has 1 aromatic carbocycles. The van der Waals surface area contributed by atoms with Gasteiger partial charge >= 0.3 is 0 Å². The summed E-state index contributed by atoms with van der Waals surface area (Å²) in [5, 5.41) is 4.49. The third kappa shape index (κ3) is 5.93. The van der Waals surface area contributed by atoms with Crippen LogP contribution in [-0.4, -0.2) is 59.5 Å². The van der Waals surface area contributed by atoms with Crippen LogP contribution < -0.4 is 5.32 Å². The Kier molecular flexibility index (Phi) is 8.19. The summed E-state index contributed by atoms with van der Waals surface area (Å²) < 4.78 is 0. The van der Waals surface area contributed by atoms with E-state index in [0.29, 0.717) is 28.3 Å². The Morgan fingerprint density at radius 3 is 2.53 bits per heavy atom. The number of carbonyl (C=O) groups is 1. The molecule has 2 aromatic rings. The highest BCUT2D eigenvalue weighted by molar-refractivity contribution is 6.42. The summed E-state index contributed by atoms with van der Waals surface area (Å²) in [5.41, 5.74) is 1.99. The highest BCUT2D eigenvalue weighted by Crippen LogP contribution is 2.36. The first-order valence-electron chi connectivity index (χ1n) is 12.3. The Labute approximate surface area is 213 Å². The van der Waals surface area contributed by atoms with E-state index in [-0.39, 0.29) is 17.5 Å². The van der Waals surface area contributed by atoms with Crippen LogP contribution in [0.1, 0.15) is 57.3 Å². The highest BCUT2D eigenvalue weighted by Gasteiger charge is 2.40. The second kappa shape index (κ2) is 10.9. The van der Waals surface area contributed by atoms with E-state index < -0.39 is 0 Å². The molecule has 4 rings (SSSR count). The molecule has 3 heterocycles. The number of pyridine rings is 1. The Balaban J connectivity index is 1.60. The monoisotopic (exact) mass is 502 g/mol. The average molecular weight is 504 g/mol. The Morgan fingerprint density at radius 1 is 1.12 bits per heavy atom. The van der Waals surface area contributed by atoms with Gasteiger partial charge in [-0.2, -0.15) is 0 Å². The third-order valence-corrected chi connectivity index (χ3v) is 7.99. The molecule has 184 valence electrons. The zero-order chi connectivity index (χ0) is 24.3. The van der Waals surface area contributed by atoms with Gasteiger partial charge in [0.15, 0.2) is 0 Å². The van der Waals surface area contributed by atoms with Crippen molar-refractivity contribution in [3.05, 3.63) is 63.9 Å². The third-order valence-electron chi connectivity index (χ3n) is 7.25. The van der Waals surface area contributed by atoms with Gasteiger partial charge in [0.05, 0.1) is 21.8 Å². The molecule has 0 saturated carbocycles. The van der Waals surface area contributed by atoms with E-state index in [1.165, 1.54) is 0 Å². The molecule has 2 fully saturated rings. The van der Waals surface area contributed by atoms with Gasteiger partial charge in [-0.15, -0.1) is 0 Å². The first kappa shape index (κ1) is 25.4. The molecule has 5 nitrogen and oxygen atoms in total. The van der Waals surface area contributed by atoms with Gasteiger partial charge in [0.25, 0.3) is 0 Å². The second-order valence-corrected chi connectivity index (χ2v) is 11.5. The molecule has 1 amide bonds. The number of benzene rings is 1. The lowest BCUT2D eigenvalue weighted by Crippen LogP contribution is -2.60. The number of aromatic nitrogens is 1. The van der Waals surface area contributed by atoms with E-state index in [2.05, 4.69) is 42.0 Å². The lowest BCUT2D eigenvalue weighted by atomic mass is 9.82. The standard InChI is InChI=1S/C27H36Cl2N4O/c1-27(2,3)24-18-32(14-15-33(24)25(34)16-19-9-12-30-13-10-19)26(23-6-4-5-11-31-23)20-7-8-21(28)22(29)17-20/h4-8,11,17,19,24,26,30H,9-10,12-16,18H2,1-3H3. The summed E-state index contributed by atoms with van der Waals surface area (Å²) in [6.45, 7) is 11.0. The molecule has 1 aromatic heterocycles. The van der Waals surface area contributed by atoms with Gasteiger partial charge in [-0.3, -0.25) is 14.7 Å². The maximum atomic E-state index is 13.5. The normalized spacial score (nSPS) is 21.4. The van der Waals surface area contributed by atoms with Crippen molar-refractivity contribution in [1.82, 2.24) is 20.1 Å². The molecule has 7 heteroatoms. The molecule has 2 saturated heterocycles. The van der Waals surface area contributed by atoms with Crippen molar-refractivity contribution >= 4 is 29.1 Å². The topological polar surface area (TPSA) is 48.5 Å². The Bertz CT molecular complexity index is 972. The van der Waals surface area contributed by atoms with E-state index in [4.69, 9.17) is 28.2 Å². The fourth-order valence-corrected chi connectivity index (χ4v) is 5.62. The number of piperidine rings is 1. The molecule has 2 aliphatic rings. The maximum Gasteiger partial charge on any atom is 0.223 e. The molecular formula is C27H36Cl2N4O. The minimum Gasteiger partial charge on any atom is -0.337 e. The van der Waals surface area contributed by atoms with Crippen molar-refractivity contribution in [1.29, 1.82) is 0 Å². The number of piperazine rings is 1. The lowest BCUT2D eigenvalue weighted by molar-refractivity contribution is -0.141. The number of rotatable bonds is 5. The van der Waals surface area contributed by atoms with Crippen molar-refractivity contribution in [2.24, 2.45) is 11.3 Å². The molecular weight excluding hydrogens is 467 g/mol. The van der Waals surface area contributed by atoms with Crippen LogP contribution in [0, 0.1) is 11.3 Å². The van der Waals surface area contributed by atoms with E-state index in [0.717, 1.165) is 56.8 Å². The quantitative estimate of drug-likeness (QED) is 0.592. The van der Waals surface area contributed by atoms with Gasteiger partial charge in [-0.25, -0.2) is 0 Å². The van der Waals surface area contributed by atoms with E-state index in [1.807, 2.05) is 36.5 Å². The van der Waals surface area contributed by atoms with Crippen molar-refractivity contribution in [3.63, 3.8) is 0 Å². The van der Waals surface area contributed by atoms with Crippen molar-refractivity contribution in [2.45, 2.75) is 52.1 Å². The summed E-state index contributed by atoms with van der Waals surface area (Å²) in [6, 6.07) is 11.9. The summed E-state index contributed by atoms with van der Waals surface area (Å²) in [4.78, 5) is 22.8. The molecule has 2 unspecified atom stereocenters. The van der Waals surface area contributed by atoms with Crippen molar-refractivity contribution in [3.8, 4) is 0 Å². The predicted octanol–water partition coefficient (Wildman–Crippen LogP) is 5.43. The maximum absolute atomic E-state index is 13.5. The van der Waals surface area contributed by atoms with Gasteiger partial charge in [0.2, 0.25) is 5.91 Å². The summed E-state index contributed by atoms with van der Waals surface area (Å²) >= 11 is 12.6. The molecule has 0 aliphatic carbocycles. The van der Waals surface area contributed by atoms with Crippen molar-refractivity contribution in [2.75, 3.05) is 32.7 Å². The minimum absolute atomic E-state index is 0.0469.